The van der Waals surface area contributed by atoms with E-state index in [1.165, 1.54) is 0 Å². The lowest BCUT2D eigenvalue weighted by Crippen LogP contribution is -2.13. The first-order chi connectivity index (χ1) is 10.6. The van der Waals surface area contributed by atoms with Crippen molar-refractivity contribution in [3.05, 3.63) is 48.5 Å². The number of benzene rings is 2. The molecule has 0 aliphatic heterocycles. The van der Waals surface area contributed by atoms with E-state index in [4.69, 9.17) is 4.74 Å². The maximum atomic E-state index is 11.7. The number of rotatable bonds is 6. The van der Waals surface area contributed by atoms with Crippen molar-refractivity contribution >= 4 is 23.0 Å². The lowest BCUT2D eigenvalue weighted by Gasteiger charge is -2.10. The van der Waals surface area contributed by atoms with Crippen molar-refractivity contribution in [3.63, 3.8) is 0 Å². The second-order valence-corrected chi connectivity index (χ2v) is 5.58. The molecule has 0 unspecified atom stereocenters. The Morgan fingerprint density at radius 2 is 1.45 bits per heavy atom. The molecular weight excluding hydrogens is 276 g/mol. The normalized spacial score (nSPS) is 10.4. The Morgan fingerprint density at radius 3 is 1.95 bits per heavy atom. The fourth-order valence-corrected chi connectivity index (χ4v) is 2.06. The molecule has 116 valence electrons. The number of nitrogens with one attached hydrogen (secondary N) is 2. The minimum Gasteiger partial charge on any atom is -0.497 e. The maximum absolute atomic E-state index is 11.7. The van der Waals surface area contributed by atoms with Crippen molar-refractivity contribution < 1.29 is 9.53 Å². The molecule has 2 aromatic rings. The van der Waals surface area contributed by atoms with Crippen LogP contribution < -0.4 is 15.4 Å². The van der Waals surface area contributed by atoms with E-state index >= 15 is 0 Å². The highest BCUT2D eigenvalue weighted by Crippen LogP contribution is 2.21. The molecule has 0 atom stereocenters. The monoisotopic (exact) mass is 298 g/mol. The molecule has 2 aromatic carbocycles. The van der Waals surface area contributed by atoms with E-state index in [1.54, 1.807) is 7.11 Å². The van der Waals surface area contributed by atoms with Gasteiger partial charge in [-0.3, -0.25) is 4.79 Å². The summed E-state index contributed by atoms with van der Waals surface area (Å²) in [5.41, 5.74) is 2.76. The summed E-state index contributed by atoms with van der Waals surface area (Å²) < 4.78 is 5.13. The summed E-state index contributed by atoms with van der Waals surface area (Å²) in [5.74, 6) is 1.23. The third-order valence-electron chi connectivity index (χ3n) is 3.14. The highest BCUT2D eigenvalue weighted by atomic mass is 16.5. The Balaban J connectivity index is 1.94. The van der Waals surface area contributed by atoms with E-state index in [0.717, 1.165) is 22.8 Å². The third-order valence-corrected chi connectivity index (χ3v) is 3.14. The molecule has 0 bridgehead atoms. The van der Waals surface area contributed by atoms with Crippen molar-refractivity contribution in [1.29, 1.82) is 0 Å². The van der Waals surface area contributed by atoms with Crippen molar-refractivity contribution in [2.45, 2.75) is 20.3 Å². The van der Waals surface area contributed by atoms with E-state index < -0.39 is 0 Å². The van der Waals surface area contributed by atoms with Gasteiger partial charge < -0.3 is 15.4 Å². The SMILES string of the molecule is COc1ccc(Nc2ccc(NC(=O)CC(C)C)cc2)cc1. The van der Waals surface area contributed by atoms with Crippen LogP contribution in [0.3, 0.4) is 0 Å². The van der Waals surface area contributed by atoms with Crippen LogP contribution in [0.25, 0.3) is 0 Å². The standard InChI is InChI=1S/C18H22N2O2/c1-13(2)12-18(21)20-16-6-4-14(5-7-16)19-15-8-10-17(22-3)11-9-15/h4-11,13,19H,12H2,1-3H3,(H,20,21). The predicted molar refractivity (Wildman–Crippen MR) is 90.8 cm³/mol. The Labute approximate surface area is 131 Å². The number of anilines is 3. The molecule has 2 N–H and O–H groups in total. The molecule has 22 heavy (non-hydrogen) atoms. The fraction of sp³-hybridized carbons (Fsp3) is 0.278. The molecular formula is C18H22N2O2. The number of carbonyl (C=O) groups is 1. The van der Waals surface area contributed by atoms with Crippen LogP contribution in [0.2, 0.25) is 0 Å². The molecule has 1 amide bonds. The summed E-state index contributed by atoms with van der Waals surface area (Å²) >= 11 is 0. The number of methoxy groups -OCH3 is 1. The van der Waals surface area contributed by atoms with E-state index in [0.29, 0.717) is 12.3 Å². The van der Waals surface area contributed by atoms with Gasteiger partial charge in [-0.1, -0.05) is 13.8 Å². The third kappa shape index (κ3) is 4.81. The fourth-order valence-electron chi connectivity index (χ4n) is 2.06. The zero-order chi connectivity index (χ0) is 15.9. The Kier molecular flexibility index (Phi) is 5.42. The quantitative estimate of drug-likeness (QED) is 0.829. The summed E-state index contributed by atoms with van der Waals surface area (Å²) in [5, 5.41) is 6.20. The van der Waals surface area contributed by atoms with Crippen LogP contribution in [-0.4, -0.2) is 13.0 Å². The zero-order valence-electron chi connectivity index (χ0n) is 13.2. The first kappa shape index (κ1) is 15.9. The van der Waals surface area contributed by atoms with Crippen molar-refractivity contribution in [1.82, 2.24) is 0 Å². The van der Waals surface area contributed by atoms with Gasteiger partial charge in [-0.25, -0.2) is 0 Å². The molecule has 0 saturated heterocycles. The lowest BCUT2D eigenvalue weighted by atomic mass is 10.1. The molecule has 0 aromatic heterocycles. The van der Waals surface area contributed by atoms with Gasteiger partial charge in [-0.15, -0.1) is 0 Å². The van der Waals surface area contributed by atoms with Crippen LogP contribution in [0.1, 0.15) is 20.3 Å². The Hall–Kier alpha value is -2.49. The largest absolute Gasteiger partial charge is 0.497 e. The van der Waals surface area contributed by atoms with Gasteiger partial charge in [0.15, 0.2) is 0 Å². The molecule has 0 fully saturated rings. The van der Waals surface area contributed by atoms with Crippen LogP contribution >= 0.6 is 0 Å². The molecule has 4 nitrogen and oxygen atoms in total. The average Bonchev–Trinajstić information content (AvgIpc) is 2.49. The maximum Gasteiger partial charge on any atom is 0.224 e. The van der Waals surface area contributed by atoms with Crippen LogP contribution in [0.15, 0.2) is 48.5 Å². The second kappa shape index (κ2) is 7.50. The number of hydrogen-bond acceptors (Lipinski definition) is 3. The van der Waals surface area contributed by atoms with Gasteiger partial charge in [0.05, 0.1) is 7.11 Å². The molecule has 0 aliphatic rings. The van der Waals surface area contributed by atoms with E-state index in [9.17, 15) is 4.79 Å². The average molecular weight is 298 g/mol. The summed E-state index contributed by atoms with van der Waals surface area (Å²) in [7, 11) is 1.65. The van der Waals surface area contributed by atoms with E-state index in [-0.39, 0.29) is 5.91 Å². The molecule has 0 spiro atoms. The smallest absolute Gasteiger partial charge is 0.224 e. The molecule has 2 rings (SSSR count). The first-order valence-corrected chi connectivity index (χ1v) is 7.38. The van der Waals surface area contributed by atoms with Gasteiger partial charge in [0.2, 0.25) is 5.91 Å². The summed E-state index contributed by atoms with van der Waals surface area (Å²) in [4.78, 5) is 11.7. The van der Waals surface area contributed by atoms with Crippen molar-refractivity contribution in [2.24, 2.45) is 5.92 Å². The number of hydrogen-bond donors (Lipinski definition) is 2. The Morgan fingerprint density at radius 1 is 0.955 bits per heavy atom. The van der Waals surface area contributed by atoms with Crippen LogP contribution in [0.4, 0.5) is 17.1 Å². The van der Waals surface area contributed by atoms with Gasteiger partial charge >= 0.3 is 0 Å². The summed E-state index contributed by atoms with van der Waals surface area (Å²) in [6.07, 6.45) is 0.534. The molecule has 0 aliphatic carbocycles. The number of ether oxygens (including phenoxy) is 1. The van der Waals surface area contributed by atoms with Gasteiger partial charge in [0, 0.05) is 23.5 Å². The molecule has 0 saturated carbocycles. The topological polar surface area (TPSA) is 50.4 Å². The van der Waals surface area contributed by atoms with Crippen LogP contribution in [-0.2, 0) is 4.79 Å². The molecule has 4 heteroatoms. The van der Waals surface area contributed by atoms with E-state index in [2.05, 4.69) is 10.6 Å². The van der Waals surface area contributed by atoms with Crippen molar-refractivity contribution in [3.8, 4) is 5.75 Å². The van der Waals surface area contributed by atoms with Gasteiger partial charge in [0.25, 0.3) is 0 Å². The predicted octanol–water partition coefficient (Wildman–Crippen LogP) is 4.42. The first-order valence-electron chi connectivity index (χ1n) is 7.38. The van der Waals surface area contributed by atoms with Gasteiger partial charge in [0.1, 0.15) is 5.75 Å². The minimum absolute atomic E-state index is 0.0471. The van der Waals surface area contributed by atoms with Gasteiger partial charge in [-0.2, -0.15) is 0 Å². The number of amides is 1. The van der Waals surface area contributed by atoms with Crippen LogP contribution in [0.5, 0.6) is 5.75 Å². The summed E-state index contributed by atoms with van der Waals surface area (Å²) in [6.45, 7) is 4.06. The molecule has 0 heterocycles. The number of carbonyl (C=O) groups excluding carboxylic acids is 1. The van der Waals surface area contributed by atoms with E-state index in [1.807, 2.05) is 62.4 Å². The highest BCUT2D eigenvalue weighted by Gasteiger charge is 2.05. The minimum atomic E-state index is 0.0471. The Bertz CT molecular complexity index is 604. The zero-order valence-corrected chi connectivity index (χ0v) is 13.2. The summed E-state index contributed by atoms with van der Waals surface area (Å²) in [6, 6.07) is 15.4. The van der Waals surface area contributed by atoms with Crippen LogP contribution in [0, 0.1) is 5.92 Å². The van der Waals surface area contributed by atoms with Crippen molar-refractivity contribution in [2.75, 3.05) is 17.7 Å². The lowest BCUT2D eigenvalue weighted by molar-refractivity contribution is -0.116. The molecule has 0 radical (unpaired) electrons. The van der Waals surface area contributed by atoms with Gasteiger partial charge in [-0.05, 0) is 54.4 Å². The highest BCUT2D eigenvalue weighted by molar-refractivity contribution is 5.91. The second-order valence-electron chi connectivity index (χ2n) is 5.58.